The molecule has 0 fully saturated rings. The van der Waals surface area contributed by atoms with Crippen LogP contribution in [0.3, 0.4) is 0 Å². The Labute approximate surface area is 49.0 Å². The van der Waals surface area contributed by atoms with Gasteiger partial charge in [0.05, 0.1) is 6.37 Å². The van der Waals surface area contributed by atoms with Crippen LogP contribution in [0.5, 0.6) is 0 Å². The molecule has 0 aromatic carbocycles. The van der Waals surface area contributed by atoms with E-state index >= 15 is 0 Å². The predicted octanol–water partition coefficient (Wildman–Crippen LogP) is 1.65. The van der Waals surface area contributed by atoms with E-state index in [9.17, 15) is 13.2 Å². The maximum atomic E-state index is 11.3. The van der Waals surface area contributed by atoms with Crippen molar-refractivity contribution in [2.24, 2.45) is 0 Å². The summed E-state index contributed by atoms with van der Waals surface area (Å²) in [6, 6.07) is 0. The summed E-state index contributed by atoms with van der Waals surface area (Å²) in [7, 11) is 0. The zero-order valence-electron chi connectivity index (χ0n) is 7.04. The molecular weight excluding hydrogens is 121 g/mol. The van der Waals surface area contributed by atoms with E-state index in [4.69, 9.17) is 4.11 Å². The molecule has 0 aliphatic rings. The van der Waals surface area contributed by atoms with Crippen molar-refractivity contribution in [3.05, 3.63) is 0 Å². The zero-order valence-corrected chi connectivity index (χ0v) is 4.04. The van der Waals surface area contributed by atoms with Crippen molar-refractivity contribution in [2.45, 2.75) is 19.7 Å². The van der Waals surface area contributed by atoms with Crippen LogP contribution in [0.2, 0.25) is 0 Å². The Morgan fingerprint density at radius 2 is 2.38 bits per heavy atom. The minimum absolute atomic E-state index is 0.807. The summed E-state index contributed by atoms with van der Waals surface area (Å²) in [5, 5.41) is 0. The Morgan fingerprint density at radius 3 is 2.50 bits per heavy atom. The molecule has 0 aliphatic heterocycles. The van der Waals surface area contributed by atoms with Crippen LogP contribution < -0.4 is 0 Å². The van der Waals surface area contributed by atoms with Crippen molar-refractivity contribution in [3.8, 4) is 0 Å². The first kappa shape index (κ1) is 3.48. The van der Waals surface area contributed by atoms with Crippen LogP contribution >= 0.6 is 0 Å². The van der Waals surface area contributed by atoms with Gasteiger partial charge in [-0.3, -0.25) is 0 Å². The molecule has 0 N–H and O–H groups in total. The Bertz CT molecular complexity index is 168. The van der Waals surface area contributed by atoms with Crippen LogP contribution in [-0.2, 0) is 4.42 Å². The molecule has 0 rings (SSSR count). The molecule has 0 unspecified atom stereocenters. The molecule has 0 atom stereocenters. The molecule has 8 heavy (non-hydrogen) atoms. The third kappa shape index (κ3) is 5.46. The van der Waals surface area contributed by atoms with Crippen molar-refractivity contribution in [1.82, 2.24) is 0 Å². The summed E-state index contributed by atoms with van der Waals surface area (Å²) in [5.41, 5.74) is 0. The molecule has 48 valence electrons. The number of hydrogen-bond donors (Lipinski definition) is 0. The minimum atomic E-state index is -4.99. The van der Waals surface area contributed by atoms with Crippen LogP contribution in [0.25, 0.3) is 0 Å². The van der Waals surface area contributed by atoms with Crippen LogP contribution in [0.15, 0.2) is 0 Å². The van der Waals surface area contributed by atoms with E-state index in [1.54, 1.807) is 0 Å². The van der Waals surface area contributed by atoms with Gasteiger partial charge < -0.3 is 0 Å². The number of alkyl halides is 3. The van der Waals surface area contributed by atoms with E-state index < -0.39 is 19.0 Å². The van der Waals surface area contributed by atoms with E-state index in [2.05, 4.69) is 4.42 Å². The number of rotatable bonds is 1. The maximum Gasteiger partial charge on any atom is 0.774 e. The molecule has 4 heteroatoms. The number of carbonyl (C=O) groups excluding carboxylic acids is 1. The molecule has 0 radical (unpaired) electrons. The monoisotopic (exact) mass is 130 g/mol. The molecule has 0 bridgehead atoms. The van der Waals surface area contributed by atoms with E-state index in [1.807, 2.05) is 0 Å². The summed E-state index contributed by atoms with van der Waals surface area (Å²) in [4.78, 5) is 0. The smallest absolute Gasteiger partial charge is 0.165 e. The standard InChI is InChI=1S/C4H6F3O/c1-2-3-8-4(5,6)7/h3H,2H2,1H3/q+1/i2D2,3D. The van der Waals surface area contributed by atoms with Gasteiger partial charge in [-0.1, -0.05) is 20.1 Å². The topological polar surface area (TPSA) is 11.3 Å². The normalized spacial score (nSPS) is 21.5. The molecule has 0 saturated carbocycles. The van der Waals surface area contributed by atoms with Crippen molar-refractivity contribution >= 4 is 6.26 Å². The fourth-order valence-electron chi connectivity index (χ4n) is 0.109. The van der Waals surface area contributed by atoms with E-state index in [0.29, 0.717) is 0 Å². The van der Waals surface area contributed by atoms with Crippen molar-refractivity contribution < 1.29 is 21.7 Å². The minimum Gasteiger partial charge on any atom is -0.165 e. The zero-order chi connectivity index (χ0) is 9.28. The SMILES string of the molecule is [2H]C(=[O+]C(F)(F)F)C([2H])([2H])C. The average molecular weight is 130 g/mol. The highest BCUT2D eigenvalue weighted by Crippen LogP contribution is 2.10. The lowest BCUT2D eigenvalue weighted by atomic mass is 10.6. The van der Waals surface area contributed by atoms with Crippen LogP contribution in [0.1, 0.15) is 17.4 Å². The second-order valence-corrected chi connectivity index (χ2v) is 0.900. The number of aldehydes is 1. The fraction of sp³-hybridized carbons (Fsp3) is 0.750. The van der Waals surface area contributed by atoms with E-state index in [1.165, 1.54) is 0 Å². The van der Waals surface area contributed by atoms with Gasteiger partial charge in [-0.2, -0.15) is 4.42 Å². The van der Waals surface area contributed by atoms with Crippen molar-refractivity contribution in [2.75, 3.05) is 0 Å². The highest BCUT2D eigenvalue weighted by atomic mass is 19.4. The molecule has 0 aromatic heterocycles. The molecule has 0 amide bonds. The van der Waals surface area contributed by atoms with Gasteiger partial charge in [0.25, 0.3) is 6.26 Å². The van der Waals surface area contributed by atoms with Gasteiger partial charge >= 0.3 is 6.36 Å². The Morgan fingerprint density at radius 1 is 1.88 bits per heavy atom. The first-order chi connectivity index (χ1) is 4.63. The molecule has 0 aliphatic carbocycles. The lowest BCUT2D eigenvalue weighted by Crippen LogP contribution is -2.07. The molecule has 0 aromatic rings. The van der Waals surface area contributed by atoms with Gasteiger partial charge in [0.2, 0.25) is 0 Å². The Kier molecular flexibility index (Phi) is 1.17. The van der Waals surface area contributed by atoms with Gasteiger partial charge in [-0.25, -0.2) is 0 Å². The van der Waals surface area contributed by atoms with Gasteiger partial charge in [0.15, 0.2) is 1.37 Å². The van der Waals surface area contributed by atoms with Gasteiger partial charge in [-0.05, 0) is 0 Å². The van der Waals surface area contributed by atoms with Gasteiger partial charge in [-0.15, -0.1) is 0 Å². The lowest BCUT2D eigenvalue weighted by molar-refractivity contribution is -0.673. The van der Waals surface area contributed by atoms with Crippen molar-refractivity contribution in [1.29, 1.82) is 0 Å². The summed E-state index contributed by atoms with van der Waals surface area (Å²) in [6.45, 7) is 0.807. The average Bonchev–Trinajstić information content (AvgIpc) is 1.56. The first-order valence-corrected chi connectivity index (χ1v) is 1.73. The van der Waals surface area contributed by atoms with Crippen molar-refractivity contribution in [3.63, 3.8) is 0 Å². The number of hydrogen-bond acceptors (Lipinski definition) is 0. The summed E-state index contributed by atoms with van der Waals surface area (Å²) < 4.78 is 56.7. The molecule has 1 nitrogen and oxygen atoms in total. The van der Waals surface area contributed by atoms with Crippen LogP contribution in [0.4, 0.5) is 13.2 Å². The third-order valence-electron chi connectivity index (χ3n) is 0.269. The largest absolute Gasteiger partial charge is 0.774 e. The molecule has 0 heterocycles. The second-order valence-electron chi connectivity index (χ2n) is 0.900. The molecular formula is C4H6F3O+. The maximum absolute atomic E-state index is 11.3. The fourth-order valence-corrected chi connectivity index (χ4v) is 0.109. The Hall–Kier alpha value is -0.540. The summed E-state index contributed by atoms with van der Waals surface area (Å²) in [6.07, 6.45) is -8.82. The summed E-state index contributed by atoms with van der Waals surface area (Å²) >= 11 is 0. The summed E-state index contributed by atoms with van der Waals surface area (Å²) in [5.74, 6) is 0. The van der Waals surface area contributed by atoms with Crippen LogP contribution in [0, 0.1) is 0 Å². The van der Waals surface area contributed by atoms with E-state index in [-0.39, 0.29) is 0 Å². The first-order valence-electron chi connectivity index (χ1n) is 3.23. The molecule has 0 spiro atoms. The lowest BCUT2D eigenvalue weighted by Gasteiger charge is -1.79. The third-order valence-corrected chi connectivity index (χ3v) is 0.269. The molecule has 0 saturated heterocycles. The number of halogens is 3. The van der Waals surface area contributed by atoms with Gasteiger partial charge in [0.1, 0.15) is 0 Å². The predicted molar refractivity (Wildman–Crippen MR) is 22.4 cm³/mol. The van der Waals surface area contributed by atoms with E-state index in [0.717, 1.165) is 6.92 Å². The Balaban J connectivity index is 4.49. The van der Waals surface area contributed by atoms with Gasteiger partial charge in [0, 0.05) is 2.74 Å². The quantitative estimate of drug-likeness (QED) is 0.377. The highest BCUT2D eigenvalue weighted by Gasteiger charge is 2.42. The second kappa shape index (κ2) is 2.69. The highest BCUT2D eigenvalue weighted by molar-refractivity contribution is 5.49. The van der Waals surface area contributed by atoms with Crippen LogP contribution in [-0.4, -0.2) is 12.6 Å².